The third-order valence-corrected chi connectivity index (χ3v) is 5.44. The van der Waals surface area contributed by atoms with Crippen LogP contribution >= 0.6 is 23.8 Å². The molecule has 0 aliphatic rings. The average Bonchev–Trinajstić information content (AvgIpc) is 3.11. The smallest absolute Gasteiger partial charge is 0.166 e. The molecule has 148 valence electrons. The van der Waals surface area contributed by atoms with E-state index < -0.39 is 0 Å². The monoisotopic (exact) mass is 414 g/mol. The van der Waals surface area contributed by atoms with Crippen LogP contribution in [0.2, 0.25) is 5.02 Å². The summed E-state index contributed by atoms with van der Waals surface area (Å²) in [5, 5.41) is 9.33. The molecule has 0 unspecified atom stereocenters. The van der Waals surface area contributed by atoms with Crippen molar-refractivity contribution in [2.75, 3.05) is 33.7 Å². The molecule has 3 aromatic rings. The predicted molar refractivity (Wildman–Crippen MR) is 123 cm³/mol. The first-order valence-electron chi connectivity index (χ1n) is 9.53. The number of thiocarbonyl (C=S) groups is 1. The number of aromatic amines is 1. The number of aromatic nitrogens is 1. The fraction of sp³-hybridized carbons (Fsp3) is 0.318. The third-order valence-electron chi connectivity index (χ3n) is 4.81. The summed E-state index contributed by atoms with van der Waals surface area (Å²) in [5.74, 6) is 0.0892. The van der Waals surface area contributed by atoms with E-state index in [9.17, 15) is 0 Å². The Bertz CT molecular complexity index is 922. The molecule has 0 amide bonds. The number of nitrogens with zero attached hydrogens (tertiary/aromatic N) is 1. The minimum Gasteiger partial charge on any atom is -0.363 e. The molecule has 3 N–H and O–H groups in total. The molecule has 3 rings (SSSR count). The van der Waals surface area contributed by atoms with Crippen molar-refractivity contribution in [3.05, 3.63) is 70.9 Å². The van der Waals surface area contributed by atoms with Crippen molar-refractivity contribution >= 4 is 39.8 Å². The van der Waals surface area contributed by atoms with Gasteiger partial charge in [0.15, 0.2) is 5.11 Å². The minimum atomic E-state index is 0.0892. The van der Waals surface area contributed by atoms with Crippen LogP contribution in [0.1, 0.15) is 23.5 Å². The standard InChI is InChI=1S/C22H27ClN4S/c1-27(2)13-7-12-24-22(28)26-15-18(16-8-3-5-10-20(16)23)19-14-25-21-11-6-4-9-17(19)21/h3-6,8-11,14,18,25H,7,12-13,15H2,1-2H3,(H2,24,26,28)/t18-/m0/s1. The molecule has 0 saturated carbocycles. The van der Waals surface area contributed by atoms with Gasteiger partial charge in [0.25, 0.3) is 0 Å². The molecule has 1 aromatic heterocycles. The van der Waals surface area contributed by atoms with Gasteiger partial charge < -0.3 is 20.5 Å². The van der Waals surface area contributed by atoms with Crippen molar-refractivity contribution < 1.29 is 0 Å². The fourth-order valence-corrected chi connectivity index (χ4v) is 3.83. The van der Waals surface area contributed by atoms with E-state index >= 15 is 0 Å². The highest BCUT2D eigenvalue weighted by molar-refractivity contribution is 7.80. The molecule has 1 atom stereocenters. The van der Waals surface area contributed by atoms with Gasteiger partial charge >= 0.3 is 0 Å². The molecule has 4 nitrogen and oxygen atoms in total. The van der Waals surface area contributed by atoms with Crippen molar-refractivity contribution in [1.29, 1.82) is 0 Å². The van der Waals surface area contributed by atoms with E-state index in [4.69, 9.17) is 23.8 Å². The summed E-state index contributed by atoms with van der Waals surface area (Å²) in [6, 6.07) is 16.4. The Hall–Kier alpha value is -2.08. The van der Waals surface area contributed by atoms with Gasteiger partial charge in [-0.3, -0.25) is 0 Å². The highest BCUT2D eigenvalue weighted by atomic mass is 35.5. The first-order valence-corrected chi connectivity index (χ1v) is 10.3. The number of nitrogens with one attached hydrogen (secondary N) is 3. The van der Waals surface area contributed by atoms with Gasteiger partial charge in [0.05, 0.1) is 0 Å². The van der Waals surface area contributed by atoms with Crippen LogP contribution in [0.25, 0.3) is 10.9 Å². The largest absolute Gasteiger partial charge is 0.363 e. The third kappa shape index (κ3) is 5.25. The molecule has 2 aromatic carbocycles. The summed E-state index contributed by atoms with van der Waals surface area (Å²) in [6.45, 7) is 2.56. The second-order valence-corrected chi connectivity index (χ2v) is 7.97. The van der Waals surface area contributed by atoms with E-state index in [1.165, 1.54) is 10.9 Å². The molecule has 0 aliphatic heterocycles. The van der Waals surface area contributed by atoms with Crippen LogP contribution in [-0.2, 0) is 0 Å². The summed E-state index contributed by atoms with van der Waals surface area (Å²) in [5.41, 5.74) is 3.43. The number of benzene rings is 2. The van der Waals surface area contributed by atoms with Crippen LogP contribution < -0.4 is 10.6 Å². The molecule has 1 heterocycles. The van der Waals surface area contributed by atoms with Gasteiger partial charge in [0, 0.05) is 41.1 Å². The van der Waals surface area contributed by atoms with E-state index in [0.29, 0.717) is 11.7 Å². The Morgan fingerprint density at radius 3 is 2.61 bits per heavy atom. The van der Waals surface area contributed by atoms with Crippen molar-refractivity contribution in [1.82, 2.24) is 20.5 Å². The Balaban J connectivity index is 1.75. The normalized spacial score (nSPS) is 12.3. The SMILES string of the molecule is CN(C)CCCNC(=S)NC[C@@H](c1ccccc1Cl)c1c[nH]c2ccccc12. The quantitative estimate of drug-likeness (QED) is 0.378. The predicted octanol–water partition coefficient (Wildman–Crippen LogP) is 4.37. The van der Waals surface area contributed by atoms with Gasteiger partial charge in [0.2, 0.25) is 0 Å². The fourth-order valence-electron chi connectivity index (χ4n) is 3.38. The van der Waals surface area contributed by atoms with Crippen LogP contribution in [0.15, 0.2) is 54.7 Å². The Labute approximate surface area is 177 Å². The Morgan fingerprint density at radius 2 is 1.82 bits per heavy atom. The van der Waals surface area contributed by atoms with Gasteiger partial charge in [-0.1, -0.05) is 48.0 Å². The highest BCUT2D eigenvalue weighted by Crippen LogP contribution is 2.33. The zero-order valence-corrected chi connectivity index (χ0v) is 17.9. The highest BCUT2D eigenvalue weighted by Gasteiger charge is 2.20. The van der Waals surface area contributed by atoms with E-state index in [1.54, 1.807) is 0 Å². The first kappa shape index (κ1) is 20.6. The summed E-state index contributed by atoms with van der Waals surface area (Å²) < 4.78 is 0. The number of hydrogen-bond acceptors (Lipinski definition) is 2. The number of para-hydroxylation sites is 1. The zero-order valence-electron chi connectivity index (χ0n) is 16.3. The minimum absolute atomic E-state index is 0.0892. The zero-order chi connectivity index (χ0) is 19.9. The molecular weight excluding hydrogens is 388 g/mol. The lowest BCUT2D eigenvalue weighted by Crippen LogP contribution is -2.38. The molecule has 28 heavy (non-hydrogen) atoms. The molecule has 0 spiro atoms. The van der Waals surface area contributed by atoms with Gasteiger partial charge in [-0.05, 0) is 62.5 Å². The molecule has 6 heteroatoms. The van der Waals surface area contributed by atoms with Crippen LogP contribution in [-0.4, -0.2) is 48.7 Å². The summed E-state index contributed by atoms with van der Waals surface area (Å²) in [4.78, 5) is 5.54. The maximum absolute atomic E-state index is 6.54. The number of rotatable bonds is 8. The Kier molecular flexibility index (Phi) is 7.31. The van der Waals surface area contributed by atoms with E-state index in [2.05, 4.69) is 65.1 Å². The number of H-pyrrole nitrogens is 1. The molecule has 0 saturated heterocycles. The van der Waals surface area contributed by atoms with Crippen LogP contribution in [0.5, 0.6) is 0 Å². The molecule has 0 bridgehead atoms. The molecule has 0 aliphatic carbocycles. The molecule has 0 radical (unpaired) electrons. The maximum Gasteiger partial charge on any atom is 0.166 e. The van der Waals surface area contributed by atoms with Gasteiger partial charge in [-0.15, -0.1) is 0 Å². The summed E-state index contributed by atoms with van der Waals surface area (Å²) in [7, 11) is 4.15. The van der Waals surface area contributed by atoms with E-state index in [-0.39, 0.29) is 5.92 Å². The topological polar surface area (TPSA) is 43.1 Å². The van der Waals surface area contributed by atoms with Gasteiger partial charge in [-0.25, -0.2) is 0 Å². The van der Waals surface area contributed by atoms with E-state index in [0.717, 1.165) is 35.6 Å². The maximum atomic E-state index is 6.54. The lowest BCUT2D eigenvalue weighted by Gasteiger charge is -2.21. The summed E-state index contributed by atoms with van der Waals surface area (Å²) in [6.07, 6.45) is 3.12. The second kappa shape index (κ2) is 9.92. The molecular formula is C22H27ClN4S. The van der Waals surface area contributed by atoms with Crippen molar-refractivity contribution in [2.24, 2.45) is 0 Å². The van der Waals surface area contributed by atoms with E-state index in [1.807, 2.05) is 24.3 Å². The van der Waals surface area contributed by atoms with Crippen LogP contribution in [0, 0.1) is 0 Å². The van der Waals surface area contributed by atoms with Crippen molar-refractivity contribution in [3.8, 4) is 0 Å². The van der Waals surface area contributed by atoms with Crippen molar-refractivity contribution in [2.45, 2.75) is 12.3 Å². The number of fused-ring (bicyclic) bond motifs is 1. The second-order valence-electron chi connectivity index (χ2n) is 7.16. The van der Waals surface area contributed by atoms with Gasteiger partial charge in [-0.2, -0.15) is 0 Å². The van der Waals surface area contributed by atoms with Crippen LogP contribution in [0.4, 0.5) is 0 Å². The lowest BCUT2D eigenvalue weighted by molar-refractivity contribution is 0.400. The van der Waals surface area contributed by atoms with Crippen molar-refractivity contribution in [3.63, 3.8) is 0 Å². The first-order chi connectivity index (χ1) is 13.6. The van der Waals surface area contributed by atoms with Gasteiger partial charge in [0.1, 0.15) is 0 Å². The molecule has 0 fully saturated rings. The average molecular weight is 415 g/mol. The number of halogens is 1. The lowest BCUT2D eigenvalue weighted by atomic mass is 9.91. The van der Waals surface area contributed by atoms with Crippen LogP contribution in [0.3, 0.4) is 0 Å². The number of hydrogen-bond donors (Lipinski definition) is 3. The Morgan fingerprint density at radius 1 is 1.07 bits per heavy atom. The summed E-state index contributed by atoms with van der Waals surface area (Å²) >= 11 is 12.0.